The molecular formula is C42H76N2. The minimum atomic E-state index is 0.393. The molecule has 2 heteroatoms. The van der Waals surface area contributed by atoms with E-state index in [1.54, 1.807) is 0 Å². The Kier molecular flexibility index (Phi) is 25.5. The van der Waals surface area contributed by atoms with Gasteiger partial charge < -0.3 is 9.80 Å². The van der Waals surface area contributed by atoms with Crippen LogP contribution in [0, 0.1) is 0 Å². The van der Waals surface area contributed by atoms with Gasteiger partial charge in [0.05, 0.1) is 0 Å². The van der Waals surface area contributed by atoms with E-state index in [4.69, 9.17) is 0 Å². The Hall–Kier alpha value is -1.44. The van der Waals surface area contributed by atoms with Crippen molar-refractivity contribution in [3.8, 4) is 0 Å². The third kappa shape index (κ3) is 19.8. The van der Waals surface area contributed by atoms with E-state index in [0.717, 1.165) is 0 Å². The fourth-order valence-electron chi connectivity index (χ4n) is 7.08. The summed E-state index contributed by atoms with van der Waals surface area (Å²) in [6, 6.07) is 11.2. The highest BCUT2D eigenvalue weighted by atomic mass is 15.4. The Morgan fingerprint density at radius 3 is 0.932 bits per heavy atom. The lowest BCUT2D eigenvalue weighted by Gasteiger charge is -2.33. The first-order valence-electron chi connectivity index (χ1n) is 20.1. The van der Waals surface area contributed by atoms with E-state index >= 15 is 0 Å². The van der Waals surface area contributed by atoms with Crippen molar-refractivity contribution in [2.45, 2.75) is 206 Å². The molecule has 2 nitrogen and oxygen atoms in total. The summed E-state index contributed by atoms with van der Waals surface area (Å²) < 4.78 is 0. The molecule has 1 atom stereocenters. The molecule has 0 N–H and O–H groups in total. The van der Waals surface area contributed by atoms with Gasteiger partial charge in [-0.15, -0.1) is 0 Å². The third-order valence-corrected chi connectivity index (χ3v) is 9.97. The van der Waals surface area contributed by atoms with Crippen LogP contribution < -0.4 is 0 Å². The maximum absolute atomic E-state index is 2.61. The van der Waals surface area contributed by atoms with Gasteiger partial charge in [-0.05, 0) is 18.4 Å². The Morgan fingerprint density at radius 1 is 0.364 bits per heavy atom. The quantitative estimate of drug-likeness (QED) is 0.0751. The number of hydrogen-bond acceptors (Lipinski definition) is 2. The zero-order chi connectivity index (χ0) is 31.2. The monoisotopic (exact) mass is 609 g/mol. The number of nitrogens with zero attached hydrogens (tertiary/aromatic N) is 2. The molecule has 1 heterocycles. The second-order valence-corrected chi connectivity index (χ2v) is 14.1. The number of benzene rings is 1. The number of hydrogen-bond donors (Lipinski definition) is 0. The van der Waals surface area contributed by atoms with E-state index < -0.39 is 0 Å². The van der Waals surface area contributed by atoms with Crippen LogP contribution >= 0.6 is 0 Å². The Bertz CT molecular complexity index is 743. The average molecular weight is 609 g/mol. The van der Waals surface area contributed by atoms with Crippen LogP contribution in [0.25, 0.3) is 0 Å². The molecule has 0 amide bonds. The van der Waals surface area contributed by atoms with Gasteiger partial charge >= 0.3 is 0 Å². The lowest BCUT2D eigenvalue weighted by atomic mass is 10.0. The van der Waals surface area contributed by atoms with Crippen LogP contribution in [-0.2, 0) is 0 Å². The minimum Gasteiger partial charge on any atom is -0.352 e. The van der Waals surface area contributed by atoms with E-state index in [9.17, 15) is 0 Å². The lowest BCUT2D eigenvalue weighted by Crippen LogP contribution is -2.32. The van der Waals surface area contributed by atoms with Crippen LogP contribution in [0.3, 0.4) is 0 Å². The van der Waals surface area contributed by atoms with E-state index in [-0.39, 0.29) is 0 Å². The topological polar surface area (TPSA) is 6.48 Å². The lowest BCUT2D eigenvalue weighted by molar-refractivity contribution is 0.149. The fraction of sp³-hybridized carbons (Fsp3) is 0.810. The molecule has 0 bridgehead atoms. The first-order chi connectivity index (χ1) is 21.9. The molecule has 44 heavy (non-hydrogen) atoms. The molecule has 0 saturated heterocycles. The number of unbranched alkanes of at least 4 members (excludes halogenated alkanes) is 27. The summed E-state index contributed by atoms with van der Waals surface area (Å²) in [6.07, 6.45) is 46.6. The maximum atomic E-state index is 2.61. The predicted octanol–water partition coefficient (Wildman–Crippen LogP) is 14.1. The fourth-order valence-corrected chi connectivity index (χ4v) is 7.08. The summed E-state index contributed by atoms with van der Waals surface area (Å²) in [7, 11) is 0. The van der Waals surface area contributed by atoms with Crippen molar-refractivity contribution >= 4 is 0 Å². The summed E-state index contributed by atoms with van der Waals surface area (Å²) >= 11 is 0. The highest BCUT2D eigenvalue weighted by Gasteiger charge is 2.26. The van der Waals surface area contributed by atoms with Gasteiger partial charge in [0.2, 0.25) is 0 Å². The zero-order valence-electron chi connectivity index (χ0n) is 29.9. The van der Waals surface area contributed by atoms with Gasteiger partial charge in [-0.25, -0.2) is 0 Å². The van der Waals surface area contributed by atoms with E-state index in [2.05, 4.69) is 66.4 Å². The summed E-state index contributed by atoms with van der Waals surface area (Å²) in [6.45, 7) is 6.98. The number of rotatable bonds is 32. The minimum absolute atomic E-state index is 0.393. The highest BCUT2D eigenvalue weighted by molar-refractivity contribution is 5.21. The smallest absolute Gasteiger partial charge is 0.127 e. The van der Waals surface area contributed by atoms with Gasteiger partial charge in [-0.1, -0.05) is 218 Å². The Morgan fingerprint density at radius 2 is 0.636 bits per heavy atom. The normalized spacial score (nSPS) is 14.7. The van der Waals surface area contributed by atoms with Gasteiger partial charge in [0.25, 0.3) is 0 Å². The van der Waals surface area contributed by atoms with E-state index in [1.165, 1.54) is 205 Å². The third-order valence-electron chi connectivity index (χ3n) is 9.97. The van der Waals surface area contributed by atoms with Crippen LogP contribution in [0.5, 0.6) is 0 Å². The van der Waals surface area contributed by atoms with E-state index in [0.29, 0.717) is 6.17 Å². The van der Waals surface area contributed by atoms with E-state index in [1.807, 2.05) is 0 Å². The molecule has 0 aliphatic carbocycles. The molecule has 2 rings (SSSR count). The molecule has 1 aromatic rings. The van der Waals surface area contributed by atoms with Crippen LogP contribution in [0.15, 0.2) is 42.7 Å². The molecule has 0 radical (unpaired) electrons. The molecule has 1 aromatic carbocycles. The largest absolute Gasteiger partial charge is 0.352 e. The van der Waals surface area contributed by atoms with Crippen LogP contribution in [0.1, 0.15) is 212 Å². The van der Waals surface area contributed by atoms with Crippen molar-refractivity contribution in [3.63, 3.8) is 0 Å². The zero-order valence-corrected chi connectivity index (χ0v) is 29.9. The van der Waals surface area contributed by atoms with Crippen LogP contribution in [-0.4, -0.2) is 22.9 Å². The summed E-state index contributed by atoms with van der Waals surface area (Å²) in [5, 5.41) is 0. The molecule has 1 unspecified atom stereocenters. The van der Waals surface area contributed by atoms with Gasteiger partial charge in [0.1, 0.15) is 6.17 Å². The Labute approximate surface area is 276 Å². The molecule has 0 spiro atoms. The predicted molar refractivity (Wildman–Crippen MR) is 197 cm³/mol. The van der Waals surface area contributed by atoms with Crippen molar-refractivity contribution in [2.24, 2.45) is 0 Å². The highest BCUT2D eigenvalue weighted by Crippen LogP contribution is 2.31. The van der Waals surface area contributed by atoms with Crippen molar-refractivity contribution in [1.82, 2.24) is 9.80 Å². The molecular weight excluding hydrogens is 532 g/mol. The standard InChI is InChI=1S/C42H76N2/c1-3-5-7-9-11-13-15-17-18-19-21-23-25-27-29-34-38-44-40-39-43(42(44)41-35-31-30-32-36-41)37-33-28-26-24-22-20-16-14-12-10-8-6-4-2/h30-32,35-36,39-40,42H,3-29,33-34,37-38H2,1-2H3. The van der Waals surface area contributed by atoms with Gasteiger partial charge in [0, 0.05) is 25.5 Å². The summed E-state index contributed by atoms with van der Waals surface area (Å²) in [5.74, 6) is 0. The molecule has 0 fully saturated rings. The van der Waals surface area contributed by atoms with Crippen LogP contribution in [0.4, 0.5) is 0 Å². The van der Waals surface area contributed by atoms with Gasteiger partial charge in [-0.3, -0.25) is 0 Å². The second kappa shape index (κ2) is 29.0. The van der Waals surface area contributed by atoms with Crippen molar-refractivity contribution < 1.29 is 0 Å². The molecule has 0 aromatic heterocycles. The summed E-state index contributed by atoms with van der Waals surface area (Å²) in [5.41, 5.74) is 1.45. The van der Waals surface area contributed by atoms with Crippen LogP contribution in [0.2, 0.25) is 0 Å². The maximum Gasteiger partial charge on any atom is 0.127 e. The molecule has 1 aliphatic heterocycles. The van der Waals surface area contributed by atoms with Crippen molar-refractivity contribution in [2.75, 3.05) is 13.1 Å². The Balaban J connectivity index is 1.49. The van der Waals surface area contributed by atoms with Gasteiger partial charge in [-0.2, -0.15) is 0 Å². The molecule has 1 aliphatic rings. The first kappa shape index (κ1) is 38.7. The SMILES string of the molecule is CCCCCCCCCCCCCCCCCCN1C=CN(CCCCCCCCCCCCCCC)C1c1ccccc1. The molecule has 254 valence electrons. The summed E-state index contributed by atoms with van der Waals surface area (Å²) in [4.78, 5) is 5.22. The second-order valence-electron chi connectivity index (χ2n) is 14.1. The van der Waals surface area contributed by atoms with Crippen molar-refractivity contribution in [1.29, 1.82) is 0 Å². The first-order valence-corrected chi connectivity index (χ1v) is 20.1. The molecule has 0 saturated carbocycles. The van der Waals surface area contributed by atoms with Gasteiger partial charge in [0.15, 0.2) is 0 Å². The van der Waals surface area contributed by atoms with Crippen molar-refractivity contribution in [3.05, 3.63) is 48.3 Å². The average Bonchev–Trinajstić information content (AvgIpc) is 3.45.